The summed E-state index contributed by atoms with van der Waals surface area (Å²) in [5, 5.41) is 39.4. The first-order chi connectivity index (χ1) is 12.1. The lowest BCUT2D eigenvalue weighted by Gasteiger charge is -2.26. The lowest BCUT2D eigenvalue weighted by atomic mass is 10.1. The predicted octanol–water partition coefficient (Wildman–Crippen LogP) is 3.59. The van der Waals surface area contributed by atoms with Crippen molar-refractivity contribution in [3.8, 4) is 0 Å². The Morgan fingerprint density at radius 2 is 0.962 bits per heavy atom. The Hall–Kier alpha value is -0.240. The van der Waals surface area contributed by atoms with Crippen LogP contribution in [-0.2, 0) is 9.47 Å². The molecule has 4 atom stereocenters. The van der Waals surface area contributed by atoms with Crippen LogP contribution in [0.4, 0.5) is 0 Å². The second-order valence-electron chi connectivity index (χ2n) is 6.26. The van der Waals surface area contributed by atoms with E-state index >= 15 is 0 Å². The Morgan fingerprint density at radius 1 is 0.692 bits per heavy atom. The molecule has 0 spiro atoms. The van der Waals surface area contributed by atoms with Gasteiger partial charge in [-0.2, -0.15) is 0 Å². The van der Waals surface area contributed by atoms with Crippen LogP contribution in [0.1, 0.15) is 93.9 Å². The highest BCUT2D eigenvalue weighted by molar-refractivity contribution is 4.69. The molecular weight excluding hydrogens is 336 g/mol. The van der Waals surface area contributed by atoms with Crippen LogP contribution in [0.3, 0.4) is 0 Å². The molecule has 26 heavy (non-hydrogen) atoms. The van der Waals surface area contributed by atoms with Crippen molar-refractivity contribution in [2.45, 2.75) is 118 Å². The molecular formula is C20H46O6. The number of aliphatic hydroxyl groups is 4. The van der Waals surface area contributed by atoms with Crippen molar-refractivity contribution in [3.05, 3.63) is 0 Å². The fraction of sp³-hybridized carbons (Fsp3) is 1.00. The van der Waals surface area contributed by atoms with E-state index in [1.165, 1.54) is 0 Å². The van der Waals surface area contributed by atoms with Gasteiger partial charge < -0.3 is 29.9 Å². The van der Waals surface area contributed by atoms with Gasteiger partial charge in [0.15, 0.2) is 11.6 Å². The molecule has 4 N–H and O–H groups in total. The van der Waals surface area contributed by atoms with Gasteiger partial charge in [-0.15, -0.1) is 0 Å². The standard InChI is InChI=1S/C16H34O6.2C2H6/c1-5-9-15(3,19)21-11-7-13(17)14(18)8-12-22-16(4,20)10-6-2;2*1-2/h13-14,17-20H,5-12H2,1-4H3;2*1-2H3. The molecule has 0 aromatic rings. The van der Waals surface area contributed by atoms with Crippen molar-refractivity contribution in [2.75, 3.05) is 13.2 Å². The Balaban J connectivity index is -0.00000123. The summed E-state index contributed by atoms with van der Waals surface area (Å²) in [6, 6.07) is 0. The van der Waals surface area contributed by atoms with Crippen molar-refractivity contribution in [3.63, 3.8) is 0 Å². The van der Waals surface area contributed by atoms with Gasteiger partial charge in [0.1, 0.15) is 0 Å². The second-order valence-corrected chi connectivity index (χ2v) is 6.26. The van der Waals surface area contributed by atoms with Gasteiger partial charge in [0, 0.05) is 12.8 Å². The van der Waals surface area contributed by atoms with Crippen LogP contribution in [-0.4, -0.2) is 57.4 Å². The van der Waals surface area contributed by atoms with Crippen LogP contribution >= 0.6 is 0 Å². The van der Waals surface area contributed by atoms with Crippen LogP contribution in [0.2, 0.25) is 0 Å². The molecule has 0 amide bonds. The van der Waals surface area contributed by atoms with Crippen molar-refractivity contribution in [1.29, 1.82) is 0 Å². The zero-order chi connectivity index (χ0) is 21.2. The maximum atomic E-state index is 9.85. The average Bonchev–Trinajstić information content (AvgIpc) is 2.57. The smallest absolute Gasteiger partial charge is 0.162 e. The number of ether oxygens (including phenoxy) is 2. The van der Waals surface area contributed by atoms with Gasteiger partial charge in [-0.25, -0.2) is 0 Å². The lowest BCUT2D eigenvalue weighted by Crippen LogP contribution is -2.34. The molecule has 6 nitrogen and oxygen atoms in total. The largest absolute Gasteiger partial charge is 0.390 e. The highest BCUT2D eigenvalue weighted by Gasteiger charge is 2.23. The van der Waals surface area contributed by atoms with E-state index in [0.29, 0.717) is 12.8 Å². The topological polar surface area (TPSA) is 99.4 Å². The molecule has 0 saturated heterocycles. The zero-order valence-electron chi connectivity index (χ0n) is 18.4. The van der Waals surface area contributed by atoms with Crippen LogP contribution in [0.5, 0.6) is 0 Å². The van der Waals surface area contributed by atoms with Gasteiger partial charge in [0.05, 0.1) is 25.4 Å². The van der Waals surface area contributed by atoms with Gasteiger partial charge in [-0.1, -0.05) is 54.4 Å². The number of hydrogen-bond donors (Lipinski definition) is 4. The molecule has 6 heteroatoms. The molecule has 0 fully saturated rings. The minimum Gasteiger partial charge on any atom is -0.390 e. The normalized spacial score (nSPS) is 17.5. The predicted molar refractivity (Wildman–Crippen MR) is 107 cm³/mol. The van der Waals surface area contributed by atoms with E-state index in [-0.39, 0.29) is 26.1 Å². The molecule has 0 saturated carbocycles. The number of hydrogen-bond acceptors (Lipinski definition) is 6. The van der Waals surface area contributed by atoms with Crippen LogP contribution in [0.25, 0.3) is 0 Å². The molecule has 0 heterocycles. The summed E-state index contributed by atoms with van der Waals surface area (Å²) in [6.45, 7) is 15.4. The first kappa shape index (κ1) is 30.5. The van der Waals surface area contributed by atoms with Gasteiger partial charge in [-0.3, -0.25) is 0 Å². The van der Waals surface area contributed by atoms with Gasteiger partial charge >= 0.3 is 0 Å². The average molecular weight is 383 g/mol. The molecule has 0 bridgehead atoms. The van der Waals surface area contributed by atoms with E-state index in [1.54, 1.807) is 13.8 Å². The summed E-state index contributed by atoms with van der Waals surface area (Å²) in [7, 11) is 0. The van der Waals surface area contributed by atoms with Crippen molar-refractivity contribution in [2.24, 2.45) is 0 Å². The minimum atomic E-state index is -1.19. The van der Waals surface area contributed by atoms with E-state index in [1.807, 2.05) is 41.5 Å². The fourth-order valence-electron chi connectivity index (χ4n) is 2.26. The molecule has 0 aliphatic rings. The zero-order valence-corrected chi connectivity index (χ0v) is 18.4. The van der Waals surface area contributed by atoms with Crippen molar-refractivity contribution in [1.82, 2.24) is 0 Å². The molecule has 0 aliphatic carbocycles. The van der Waals surface area contributed by atoms with Crippen molar-refractivity contribution < 1.29 is 29.9 Å². The molecule has 0 rings (SSSR count). The first-order valence-corrected chi connectivity index (χ1v) is 10.2. The molecule has 0 radical (unpaired) electrons. The quantitative estimate of drug-likeness (QED) is 0.363. The summed E-state index contributed by atoms with van der Waals surface area (Å²) in [4.78, 5) is 0. The molecule has 0 aliphatic heterocycles. The Bertz CT molecular complexity index is 253. The summed E-state index contributed by atoms with van der Waals surface area (Å²) >= 11 is 0. The van der Waals surface area contributed by atoms with Gasteiger partial charge in [-0.05, 0) is 26.7 Å². The highest BCUT2D eigenvalue weighted by atomic mass is 16.6. The van der Waals surface area contributed by atoms with E-state index in [0.717, 1.165) is 12.8 Å². The number of aliphatic hydroxyl groups excluding tert-OH is 2. The first-order valence-electron chi connectivity index (χ1n) is 10.2. The summed E-state index contributed by atoms with van der Waals surface area (Å²) < 4.78 is 10.6. The second kappa shape index (κ2) is 18.1. The van der Waals surface area contributed by atoms with E-state index in [2.05, 4.69) is 0 Å². The Labute approximate surface area is 161 Å². The maximum absolute atomic E-state index is 9.85. The fourth-order valence-corrected chi connectivity index (χ4v) is 2.26. The summed E-state index contributed by atoms with van der Waals surface area (Å²) in [5.74, 6) is -2.39. The van der Waals surface area contributed by atoms with E-state index in [9.17, 15) is 20.4 Å². The Kier molecular flexibility index (Phi) is 21.3. The van der Waals surface area contributed by atoms with Crippen LogP contribution < -0.4 is 0 Å². The SMILES string of the molecule is CC.CC.CCCC(C)(O)OCCC(O)C(O)CCOC(C)(O)CCC. The van der Waals surface area contributed by atoms with Gasteiger partial charge in [0.2, 0.25) is 0 Å². The molecule has 162 valence electrons. The van der Waals surface area contributed by atoms with Gasteiger partial charge in [0.25, 0.3) is 0 Å². The molecule has 0 aromatic carbocycles. The Morgan fingerprint density at radius 3 is 1.19 bits per heavy atom. The third-order valence-electron chi connectivity index (χ3n) is 3.53. The van der Waals surface area contributed by atoms with E-state index < -0.39 is 23.8 Å². The highest BCUT2D eigenvalue weighted by Crippen LogP contribution is 2.16. The third-order valence-corrected chi connectivity index (χ3v) is 3.53. The number of rotatable bonds is 13. The van der Waals surface area contributed by atoms with Crippen LogP contribution in [0.15, 0.2) is 0 Å². The van der Waals surface area contributed by atoms with Crippen LogP contribution in [0, 0.1) is 0 Å². The summed E-state index contributed by atoms with van der Waals surface area (Å²) in [5.41, 5.74) is 0. The summed E-state index contributed by atoms with van der Waals surface area (Å²) in [6.07, 6.45) is 1.20. The third kappa shape index (κ3) is 18.5. The molecule has 0 aromatic heterocycles. The maximum Gasteiger partial charge on any atom is 0.162 e. The minimum absolute atomic E-state index is 0.166. The van der Waals surface area contributed by atoms with E-state index in [4.69, 9.17) is 9.47 Å². The lowest BCUT2D eigenvalue weighted by molar-refractivity contribution is -0.204. The van der Waals surface area contributed by atoms with Crippen molar-refractivity contribution >= 4 is 0 Å². The monoisotopic (exact) mass is 382 g/mol. The molecule has 4 unspecified atom stereocenters.